The van der Waals surface area contributed by atoms with E-state index in [2.05, 4.69) is 16.8 Å². The molecule has 2 aliphatic rings. The van der Waals surface area contributed by atoms with Crippen molar-refractivity contribution < 1.29 is 20.1 Å². The van der Waals surface area contributed by atoms with Crippen LogP contribution < -0.4 is 0 Å². The minimum atomic E-state index is -0.946. The van der Waals surface area contributed by atoms with E-state index in [0.29, 0.717) is 12.8 Å². The van der Waals surface area contributed by atoms with E-state index in [0.717, 1.165) is 24.4 Å². The number of hydrogen-bond acceptors (Lipinski definition) is 7. The Morgan fingerprint density at radius 3 is 2.81 bits per heavy atom. The molecule has 3 N–H and O–H groups in total. The summed E-state index contributed by atoms with van der Waals surface area (Å²) in [5, 5.41) is 29.9. The molecule has 1 saturated heterocycles. The smallest absolute Gasteiger partial charge is 0.162 e. The van der Waals surface area contributed by atoms with E-state index in [4.69, 9.17) is 9.84 Å². The zero-order chi connectivity index (χ0) is 15.4. The summed E-state index contributed by atoms with van der Waals surface area (Å²) in [7, 11) is 1.97. The molecule has 2 heterocycles. The summed E-state index contributed by atoms with van der Waals surface area (Å²) in [6, 6.07) is -0.413. The van der Waals surface area contributed by atoms with Crippen LogP contribution in [0.2, 0.25) is 0 Å². The first-order valence-corrected chi connectivity index (χ1v) is 8.22. The number of aliphatic imine (C=N–C) groups is 1. The van der Waals surface area contributed by atoms with Crippen LogP contribution in [0.3, 0.4) is 0 Å². The summed E-state index contributed by atoms with van der Waals surface area (Å²) in [4.78, 5) is 6.56. The number of amidine groups is 1. The topological polar surface area (TPSA) is 85.5 Å². The van der Waals surface area contributed by atoms with Crippen LogP contribution in [0.5, 0.6) is 0 Å². The highest BCUT2D eigenvalue weighted by atomic mass is 32.2. The fourth-order valence-electron chi connectivity index (χ4n) is 2.61. The maximum absolute atomic E-state index is 10.3. The van der Waals surface area contributed by atoms with Gasteiger partial charge in [-0.05, 0) is 19.3 Å². The number of rotatable bonds is 5. The van der Waals surface area contributed by atoms with Crippen LogP contribution in [-0.2, 0) is 4.74 Å². The Morgan fingerprint density at radius 2 is 2.14 bits per heavy atom. The van der Waals surface area contributed by atoms with Crippen molar-refractivity contribution in [1.29, 1.82) is 0 Å². The van der Waals surface area contributed by atoms with Crippen LogP contribution in [0.4, 0.5) is 0 Å². The van der Waals surface area contributed by atoms with Crippen molar-refractivity contribution in [2.75, 3.05) is 13.6 Å². The number of ether oxygens (including phenoxy) is 1. The number of allylic oxidation sites excluding steroid dienone is 1. The van der Waals surface area contributed by atoms with Crippen LogP contribution in [0.25, 0.3) is 0 Å². The van der Waals surface area contributed by atoms with E-state index < -0.39 is 24.4 Å². The Labute approximate surface area is 129 Å². The summed E-state index contributed by atoms with van der Waals surface area (Å²) in [6.45, 7) is 3.00. The fraction of sp³-hybridized carbons (Fsp3) is 0.786. The molecule has 0 aromatic carbocycles. The number of fused-ring (bicyclic) bond motifs is 1. The van der Waals surface area contributed by atoms with E-state index in [9.17, 15) is 10.2 Å². The maximum Gasteiger partial charge on any atom is 0.162 e. The van der Waals surface area contributed by atoms with Crippen LogP contribution in [0.1, 0.15) is 26.2 Å². The minimum Gasteiger partial charge on any atom is -0.516 e. The molecule has 0 spiro atoms. The molecule has 1 fully saturated rings. The highest BCUT2D eigenvalue weighted by molar-refractivity contribution is 8.14. The van der Waals surface area contributed by atoms with Gasteiger partial charge in [0.15, 0.2) is 5.17 Å². The number of aliphatic hydroxyl groups excluding tert-OH is 3. The minimum absolute atomic E-state index is 0.249. The monoisotopic (exact) mass is 316 g/mol. The first kappa shape index (κ1) is 16.6. The normalized spacial score (nSPS) is 35.8. The Balaban J connectivity index is 2.00. The van der Waals surface area contributed by atoms with Gasteiger partial charge in [-0.15, -0.1) is 0 Å². The lowest BCUT2D eigenvalue weighted by molar-refractivity contribution is -0.154. The quantitative estimate of drug-likeness (QED) is 0.659. The second kappa shape index (κ2) is 7.49. The van der Waals surface area contributed by atoms with Gasteiger partial charge >= 0.3 is 0 Å². The number of hydrogen-bond donors (Lipinski definition) is 3. The third-order valence-electron chi connectivity index (χ3n) is 3.76. The van der Waals surface area contributed by atoms with Crippen molar-refractivity contribution >= 4 is 16.9 Å². The van der Waals surface area contributed by atoms with Crippen molar-refractivity contribution in [3.05, 3.63) is 12.3 Å². The predicted octanol–water partition coefficient (Wildman–Crippen LogP) is 1.10. The molecule has 0 unspecified atom stereocenters. The Hall–Kier alpha value is -0.760. The third-order valence-corrected chi connectivity index (χ3v) is 5.01. The molecular weight excluding hydrogens is 292 g/mol. The summed E-state index contributed by atoms with van der Waals surface area (Å²) >= 11 is 1.51. The van der Waals surface area contributed by atoms with Gasteiger partial charge in [0.25, 0.3) is 0 Å². The Morgan fingerprint density at radius 1 is 1.38 bits per heavy atom. The molecule has 0 aliphatic carbocycles. The van der Waals surface area contributed by atoms with Crippen molar-refractivity contribution in [2.45, 2.75) is 56.0 Å². The molecule has 2 aliphatic heterocycles. The lowest BCUT2D eigenvalue weighted by atomic mass is 9.95. The van der Waals surface area contributed by atoms with Crippen molar-refractivity contribution in [3.8, 4) is 0 Å². The van der Waals surface area contributed by atoms with Gasteiger partial charge in [0.1, 0.15) is 23.7 Å². The lowest BCUT2D eigenvalue weighted by Gasteiger charge is -2.38. The molecular formula is C14H24N2O4S. The van der Waals surface area contributed by atoms with Crippen LogP contribution in [0, 0.1) is 0 Å². The summed E-state index contributed by atoms with van der Waals surface area (Å²) in [6.07, 6.45) is 2.47. The van der Waals surface area contributed by atoms with Gasteiger partial charge in [-0.25, -0.2) is 0 Å². The second-order valence-corrected chi connectivity index (χ2v) is 6.49. The molecule has 0 aromatic rings. The summed E-state index contributed by atoms with van der Waals surface area (Å²) in [5.41, 5.74) is -0.249. The zero-order valence-corrected chi connectivity index (χ0v) is 13.2. The molecule has 0 bridgehead atoms. The molecule has 120 valence electrons. The highest BCUT2D eigenvalue weighted by Crippen LogP contribution is 2.38. The van der Waals surface area contributed by atoms with Gasteiger partial charge < -0.3 is 25.0 Å². The van der Waals surface area contributed by atoms with Gasteiger partial charge in [-0.2, -0.15) is 0 Å². The summed E-state index contributed by atoms with van der Waals surface area (Å²) < 4.78 is 5.89. The maximum atomic E-state index is 10.3. The second-order valence-electron chi connectivity index (χ2n) is 5.43. The molecule has 0 amide bonds. The van der Waals surface area contributed by atoms with Gasteiger partial charge in [0.05, 0.1) is 12.4 Å². The molecule has 6 nitrogen and oxygen atoms in total. The predicted molar refractivity (Wildman–Crippen MR) is 83.4 cm³/mol. The van der Waals surface area contributed by atoms with Crippen molar-refractivity contribution in [1.82, 2.24) is 4.90 Å². The van der Waals surface area contributed by atoms with Gasteiger partial charge in [-0.1, -0.05) is 24.8 Å². The molecule has 21 heavy (non-hydrogen) atoms. The molecule has 7 heteroatoms. The van der Waals surface area contributed by atoms with Gasteiger partial charge in [0.2, 0.25) is 0 Å². The van der Waals surface area contributed by atoms with Crippen LogP contribution in [-0.4, -0.2) is 68.8 Å². The number of thioether (sulfide) groups is 1. The van der Waals surface area contributed by atoms with E-state index >= 15 is 0 Å². The molecule has 0 radical (unpaired) electrons. The Bertz CT molecular complexity index is 404. The van der Waals surface area contributed by atoms with Crippen molar-refractivity contribution in [3.63, 3.8) is 0 Å². The zero-order valence-electron chi connectivity index (χ0n) is 12.4. The fourth-order valence-corrected chi connectivity index (χ4v) is 3.83. The van der Waals surface area contributed by atoms with Gasteiger partial charge in [0, 0.05) is 13.6 Å². The standard InChI is InChI=1S/C14H24N2O4S/c1-3-7-16(2)14-15-10-12(19)11(18)9(6-4-5-8-17)20-13(10)21-14/h5,8-13,17-19H,3-4,6-7H2,1-2H3/t9-,10-,11-,12-,13-/m1/s1. The SMILES string of the molecule is CCCN(C)C1=N[C@@H]2[C@@H](O)[C@H](O)[C@@H](CCC=CO)O[C@@H]2S1. The largest absolute Gasteiger partial charge is 0.516 e. The first-order valence-electron chi connectivity index (χ1n) is 7.34. The Kier molecular flexibility index (Phi) is 5.92. The lowest BCUT2D eigenvalue weighted by Crippen LogP contribution is -2.54. The molecule has 5 atom stereocenters. The van der Waals surface area contributed by atoms with E-state index in [1.807, 2.05) is 7.05 Å². The molecule has 0 aromatic heterocycles. The number of aliphatic hydroxyl groups is 3. The average molecular weight is 316 g/mol. The van der Waals surface area contributed by atoms with E-state index in [1.54, 1.807) is 6.08 Å². The highest BCUT2D eigenvalue weighted by Gasteiger charge is 2.48. The molecule has 0 saturated carbocycles. The average Bonchev–Trinajstić information content (AvgIpc) is 2.89. The third kappa shape index (κ3) is 3.71. The van der Waals surface area contributed by atoms with E-state index in [-0.39, 0.29) is 5.44 Å². The van der Waals surface area contributed by atoms with Crippen LogP contribution >= 0.6 is 11.8 Å². The first-order chi connectivity index (χ1) is 10.1. The van der Waals surface area contributed by atoms with Crippen molar-refractivity contribution in [2.24, 2.45) is 4.99 Å². The summed E-state index contributed by atoms with van der Waals surface area (Å²) in [5.74, 6) is 0. The number of nitrogens with zero attached hydrogens (tertiary/aromatic N) is 2. The van der Waals surface area contributed by atoms with E-state index in [1.165, 1.54) is 11.8 Å². The molecule has 2 rings (SSSR count). The van der Waals surface area contributed by atoms with Crippen LogP contribution in [0.15, 0.2) is 17.3 Å². The van der Waals surface area contributed by atoms with Gasteiger partial charge in [-0.3, -0.25) is 4.99 Å².